The Kier molecular flexibility index (Phi) is 4.85. The van der Waals surface area contributed by atoms with Crippen LogP contribution >= 0.6 is 12.8 Å². The molecule has 1 N–H and O–H groups in total. The maximum atomic E-state index is 12.4. The van der Waals surface area contributed by atoms with Gasteiger partial charge >= 0.3 is 6.03 Å². The van der Waals surface area contributed by atoms with Gasteiger partial charge < -0.3 is 15.0 Å². The van der Waals surface area contributed by atoms with Crippen molar-refractivity contribution < 1.29 is 9.53 Å². The summed E-state index contributed by atoms with van der Waals surface area (Å²) in [4.78, 5) is 14.3. The molecule has 0 atom stereocenters. The minimum atomic E-state index is -0.539. The summed E-state index contributed by atoms with van der Waals surface area (Å²) < 4.78 is 6.88. The first-order chi connectivity index (χ1) is 11.9. The first kappa shape index (κ1) is 17.9. The quantitative estimate of drug-likeness (QED) is 0.810. The molecule has 0 radical (unpaired) electrons. The van der Waals surface area contributed by atoms with Crippen molar-refractivity contribution in [3.63, 3.8) is 0 Å². The molecular weight excluding hydrogens is 336 g/mol. The number of nitrogens with zero attached hydrogens (tertiary/aromatic N) is 3. The number of urea groups is 1. The van der Waals surface area contributed by atoms with Crippen LogP contribution in [-0.4, -0.2) is 47.0 Å². The molecule has 0 unspecified atom stereocenters. The summed E-state index contributed by atoms with van der Waals surface area (Å²) in [5, 5.41) is 12.7. The SMILES string of the molecule is COc1ccc(CN2CC3(CCC(C#N)(N(C)S)CC3)NC2=O)cc1. The number of hydrogen-bond donors (Lipinski definition) is 2. The van der Waals surface area contributed by atoms with Gasteiger partial charge in [0.05, 0.1) is 18.7 Å². The largest absolute Gasteiger partial charge is 0.497 e. The molecular formula is C18H24N4O2S. The third-order valence-electron chi connectivity index (χ3n) is 5.55. The van der Waals surface area contributed by atoms with E-state index in [1.807, 2.05) is 36.2 Å². The van der Waals surface area contributed by atoms with E-state index in [4.69, 9.17) is 4.74 Å². The molecule has 3 rings (SSSR count). The zero-order valence-corrected chi connectivity index (χ0v) is 15.6. The lowest BCUT2D eigenvalue weighted by Crippen LogP contribution is -2.53. The molecule has 2 fully saturated rings. The van der Waals surface area contributed by atoms with Crippen molar-refractivity contribution in [2.75, 3.05) is 20.7 Å². The van der Waals surface area contributed by atoms with Crippen LogP contribution in [0, 0.1) is 11.3 Å². The maximum absolute atomic E-state index is 12.4. The van der Waals surface area contributed by atoms with Gasteiger partial charge in [-0.2, -0.15) is 5.26 Å². The number of rotatable bonds is 4. The molecule has 0 bridgehead atoms. The number of thiol groups is 1. The summed E-state index contributed by atoms with van der Waals surface area (Å²) in [5.41, 5.74) is 0.307. The Bertz CT molecular complexity index is 675. The van der Waals surface area contributed by atoms with Crippen molar-refractivity contribution in [3.05, 3.63) is 29.8 Å². The number of carbonyl (C=O) groups excluding carboxylic acids is 1. The Morgan fingerprint density at radius 1 is 1.32 bits per heavy atom. The average Bonchev–Trinajstić information content (AvgIpc) is 2.91. The fourth-order valence-corrected chi connectivity index (χ4v) is 4.04. The number of nitrogens with one attached hydrogen (secondary N) is 1. The lowest BCUT2D eigenvalue weighted by molar-refractivity contribution is 0.152. The first-order valence-corrected chi connectivity index (χ1v) is 8.86. The number of methoxy groups -OCH3 is 1. The van der Waals surface area contributed by atoms with Crippen LogP contribution in [0.5, 0.6) is 5.75 Å². The van der Waals surface area contributed by atoms with Crippen molar-refractivity contribution in [2.45, 2.75) is 43.3 Å². The molecule has 1 aliphatic heterocycles. The fourth-order valence-electron chi connectivity index (χ4n) is 3.79. The highest BCUT2D eigenvalue weighted by molar-refractivity contribution is 7.77. The number of nitriles is 1. The molecule has 1 saturated heterocycles. The highest BCUT2D eigenvalue weighted by Gasteiger charge is 2.49. The average molecular weight is 360 g/mol. The minimum Gasteiger partial charge on any atom is -0.497 e. The van der Waals surface area contributed by atoms with Gasteiger partial charge in [-0.25, -0.2) is 9.10 Å². The summed E-state index contributed by atoms with van der Waals surface area (Å²) in [5.74, 6) is 0.807. The lowest BCUT2D eigenvalue weighted by Gasteiger charge is -2.43. The molecule has 1 aromatic rings. The van der Waals surface area contributed by atoms with Gasteiger partial charge in [0, 0.05) is 13.1 Å². The van der Waals surface area contributed by atoms with Crippen molar-refractivity contribution in [1.82, 2.24) is 14.5 Å². The Balaban J connectivity index is 1.65. The van der Waals surface area contributed by atoms with E-state index in [9.17, 15) is 10.1 Å². The van der Waals surface area contributed by atoms with E-state index in [1.54, 1.807) is 11.4 Å². The number of ether oxygens (including phenoxy) is 1. The monoisotopic (exact) mass is 360 g/mol. The second-order valence-electron chi connectivity index (χ2n) is 7.08. The van der Waals surface area contributed by atoms with Gasteiger partial charge in [0.15, 0.2) is 0 Å². The predicted molar refractivity (Wildman–Crippen MR) is 98.2 cm³/mol. The van der Waals surface area contributed by atoms with Gasteiger partial charge in [-0.05, 0) is 50.4 Å². The van der Waals surface area contributed by atoms with Gasteiger partial charge in [-0.1, -0.05) is 24.9 Å². The van der Waals surface area contributed by atoms with Crippen LogP contribution < -0.4 is 10.1 Å². The summed E-state index contributed by atoms with van der Waals surface area (Å²) in [6.07, 6.45) is 2.99. The molecule has 2 amide bonds. The zero-order chi connectivity index (χ0) is 18.1. The third kappa shape index (κ3) is 3.42. The number of carbonyl (C=O) groups is 1. The molecule has 6 nitrogen and oxygen atoms in total. The normalized spacial score (nSPS) is 28.9. The van der Waals surface area contributed by atoms with Crippen molar-refractivity contribution >= 4 is 18.8 Å². The van der Waals surface area contributed by atoms with Crippen molar-refractivity contribution in [1.29, 1.82) is 5.26 Å². The highest BCUT2D eigenvalue weighted by atomic mass is 32.1. The molecule has 1 spiro atoms. The highest BCUT2D eigenvalue weighted by Crippen LogP contribution is 2.41. The van der Waals surface area contributed by atoms with Crippen LogP contribution in [0.1, 0.15) is 31.2 Å². The fraction of sp³-hybridized carbons (Fsp3) is 0.556. The molecule has 2 aliphatic rings. The van der Waals surface area contributed by atoms with E-state index in [2.05, 4.69) is 24.2 Å². The molecule has 1 saturated carbocycles. The second kappa shape index (κ2) is 6.77. The van der Waals surface area contributed by atoms with E-state index in [1.165, 1.54) is 0 Å². The predicted octanol–water partition coefficient (Wildman–Crippen LogP) is 2.57. The Morgan fingerprint density at radius 2 is 1.96 bits per heavy atom. The smallest absolute Gasteiger partial charge is 0.318 e. The molecule has 7 heteroatoms. The molecule has 1 aliphatic carbocycles. The molecule has 0 aromatic heterocycles. The summed E-state index contributed by atoms with van der Waals surface area (Å²) in [6.45, 7) is 1.25. The lowest BCUT2D eigenvalue weighted by atomic mass is 9.73. The van der Waals surface area contributed by atoms with E-state index in [0.29, 0.717) is 25.9 Å². The summed E-state index contributed by atoms with van der Waals surface area (Å²) in [6, 6.07) is 10.2. The van der Waals surface area contributed by atoms with E-state index >= 15 is 0 Å². The van der Waals surface area contributed by atoms with Crippen molar-refractivity contribution in [3.8, 4) is 11.8 Å². The van der Waals surface area contributed by atoms with Gasteiger partial charge in [0.2, 0.25) is 0 Å². The van der Waals surface area contributed by atoms with Gasteiger partial charge in [-0.15, -0.1) is 0 Å². The number of amides is 2. The van der Waals surface area contributed by atoms with E-state index in [-0.39, 0.29) is 11.6 Å². The van der Waals surface area contributed by atoms with E-state index < -0.39 is 5.54 Å². The summed E-state index contributed by atoms with van der Waals surface area (Å²) >= 11 is 4.36. The minimum absolute atomic E-state index is 0.0282. The Hall–Kier alpha value is -1.91. The first-order valence-electron chi connectivity index (χ1n) is 8.46. The topological polar surface area (TPSA) is 68.6 Å². The van der Waals surface area contributed by atoms with Gasteiger partial charge in [0.25, 0.3) is 0 Å². The Morgan fingerprint density at radius 3 is 2.48 bits per heavy atom. The molecule has 25 heavy (non-hydrogen) atoms. The van der Waals surface area contributed by atoms with Crippen LogP contribution in [0.25, 0.3) is 0 Å². The zero-order valence-electron chi connectivity index (χ0n) is 14.7. The molecule has 1 aromatic carbocycles. The standard InChI is InChI=1S/C18H24N4O2S/c1-21(25)18(12-19)9-7-17(8-10-18)13-22(16(23)20-17)11-14-3-5-15(24-2)6-4-14/h3-6,25H,7-11,13H2,1-2H3,(H,20,23). The molecule has 1 heterocycles. The second-order valence-corrected chi connectivity index (χ2v) is 7.68. The third-order valence-corrected chi connectivity index (χ3v) is 5.93. The van der Waals surface area contributed by atoms with Crippen LogP contribution in [0.15, 0.2) is 24.3 Å². The van der Waals surface area contributed by atoms with Crippen LogP contribution in [-0.2, 0) is 6.54 Å². The van der Waals surface area contributed by atoms with Crippen LogP contribution in [0.4, 0.5) is 4.79 Å². The van der Waals surface area contributed by atoms with Crippen LogP contribution in [0.3, 0.4) is 0 Å². The maximum Gasteiger partial charge on any atom is 0.318 e. The number of benzene rings is 1. The summed E-state index contributed by atoms with van der Waals surface area (Å²) in [7, 11) is 3.47. The number of hydrogen-bond acceptors (Lipinski definition) is 5. The van der Waals surface area contributed by atoms with Crippen LogP contribution in [0.2, 0.25) is 0 Å². The molecule has 134 valence electrons. The van der Waals surface area contributed by atoms with Crippen molar-refractivity contribution in [2.24, 2.45) is 0 Å². The Labute approximate surface area is 154 Å². The van der Waals surface area contributed by atoms with E-state index in [0.717, 1.165) is 24.2 Å². The van der Waals surface area contributed by atoms with Gasteiger partial charge in [-0.3, -0.25) is 0 Å². The van der Waals surface area contributed by atoms with Gasteiger partial charge in [0.1, 0.15) is 11.3 Å².